The van der Waals surface area contributed by atoms with E-state index >= 15 is 0 Å². The second-order valence-electron chi connectivity index (χ2n) is 7.68. The number of pyridine rings is 1. The number of hydrogen-bond donors (Lipinski definition) is 1. The molecule has 0 unspecified atom stereocenters. The molecule has 1 aromatic rings. The number of aliphatic hydroxyl groups excluding tert-OH is 1. The molecular weight excluding hydrogens is 332 g/mol. The van der Waals surface area contributed by atoms with E-state index in [-0.39, 0.29) is 36.1 Å². The maximum absolute atomic E-state index is 12.9. The van der Waals surface area contributed by atoms with Gasteiger partial charge in [0.05, 0.1) is 19.1 Å². The fourth-order valence-corrected chi connectivity index (χ4v) is 4.80. The Labute approximate surface area is 153 Å². The number of hydrogen-bond acceptors (Lipinski definition) is 5. The van der Waals surface area contributed by atoms with E-state index in [2.05, 4.69) is 4.90 Å². The molecule has 1 aromatic heterocycles. The molecule has 0 amide bonds. The molecule has 6 nitrogen and oxygen atoms in total. The van der Waals surface area contributed by atoms with Crippen molar-refractivity contribution >= 4 is 12.0 Å². The molecule has 0 aromatic carbocycles. The Kier molecular flexibility index (Phi) is 4.49. The van der Waals surface area contributed by atoms with Crippen molar-refractivity contribution in [2.45, 2.75) is 38.4 Å². The normalized spacial score (nSPS) is 30.6. The molecule has 2 bridgehead atoms. The van der Waals surface area contributed by atoms with Gasteiger partial charge in [-0.1, -0.05) is 12.2 Å². The van der Waals surface area contributed by atoms with E-state index in [0.717, 1.165) is 12.2 Å². The summed E-state index contributed by atoms with van der Waals surface area (Å²) in [6, 6.07) is 3.59. The Morgan fingerprint density at radius 1 is 1.38 bits per heavy atom. The van der Waals surface area contributed by atoms with Crippen molar-refractivity contribution in [3.05, 3.63) is 39.8 Å². The summed E-state index contributed by atoms with van der Waals surface area (Å²) in [4.78, 5) is 27.8. The predicted octanol–water partition coefficient (Wildman–Crippen LogP) is 1.43. The summed E-state index contributed by atoms with van der Waals surface area (Å²) in [5.74, 6) is -0.280. The molecule has 26 heavy (non-hydrogen) atoms. The lowest BCUT2D eigenvalue weighted by molar-refractivity contribution is -0.148. The standard InChI is InChI=1S/C20H26N2O4/c1-3-4-13-7-8-15-18-17(20(25)26-2)14(11-23)16(10-22(15)19(13)24)21(18)9-12-5-6-12/h3-4,7-8,12,14,16-18,23H,5-6,9-11H2,1-2H3/b4-3-/t14-,16-,17+,18+/m1/s1. The van der Waals surface area contributed by atoms with Gasteiger partial charge in [0.2, 0.25) is 0 Å². The highest BCUT2D eigenvalue weighted by Gasteiger charge is 2.56. The largest absolute Gasteiger partial charge is 0.469 e. The first kappa shape index (κ1) is 17.5. The van der Waals surface area contributed by atoms with E-state index in [1.54, 1.807) is 4.57 Å². The SMILES string of the molecule is C/C=C\c1ccc2n(c1=O)C[C@@H]1[C@@H](CO)[C@H](C(=O)OC)[C@H]2N1CC1CC1. The van der Waals surface area contributed by atoms with Crippen LogP contribution in [0.2, 0.25) is 0 Å². The van der Waals surface area contributed by atoms with Crippen LogP contribution < -0.4 is 5.56 Å². The fraction of sp³-hybridized carbons (Fsp3) is 0.600. The molecule has 0 radical (unpaired) electrons. The van der Waals surface area contributed by atoms with Gasteiger partial charge in [-0.25, -0.2) is 0 Å². The summed E-state index contributed by atoms with van der Waals surface area (Å²) >= 11 is 0. The average molecular weight is 358 g/mol. The lowest BCUT2D eigenvalue weighted by Gasteiger charge is -2.38. The molecule has 4 atom stereocenters. The first-order chi connectivity index (χ1) is 12.6. The summed E-state index contributed by atoms with van der Waals surface area (Å²) in [6.45, 7) is 3.25. The monoisotopic (exact) mass is 358 g/mol. The number of aliphatic hydroxyl groups is 1. The van der Waals surface area contributed by atoms with Gasteiger partial charge in [-0.2, -0.15) is 0 Å². The van der Waals surface area contributed by atoms with Crippen LogP contribution in [0.15, 0.2) is 23.0 Å². The zero-order chi connectivity index (χ0) is 18.4. The fourth-order valence-electron chi connectivity index (χ4n) is 4.80. The van der Waals surface area contributed by atoms with E-state index in [4.69, 9.17) is 4.74 Å². The molecule has 2 fully saturated rings. The second kappa shape index (κ2) is 6.67. The van der Waals surface area contributed by atoms with Crippen molar-refractivity contribution in [1.29, 1.82) is 0 Å². The summed E-state index contributed by atoms with van der Waals surface area (Å²) < 4.78 is 6.88. The van der Waals surface area contributed by atoms with Gasteiger partial charge in [0.25, 0.3) is 5.56 Å². The molecule has 0 spiro atoms. The molecule has 1 aliphatic carbocycles. The Balaban J connectivity index is 1.83. The van der Waals surface area contributed by atoms with Gasteiger partial charge in [-0.05, 0) is 37.8 Å². The van der Waals surface area contributed by atoms with Crippen molar-refractivity contribution in [2.75, 3.05) is 20.3 Å². The molecule has 3 aliphatic rings. The maximum atomic E-state index is 12.9. The van der Waals surface area contributed by atoms with Crippen molar-refractivity contribution < 1.29 is 14.6 Å². The first-order valence-electron chi connectivity index (χ1n) is 9.41. The van der Waals surface area contributed by atoms with Crippen LogP contribution in [0, 0.1) is 17.8 Å². The molecule has 1 saturated carbocycles. The molecular formula is C20H26N2O4. The van der Waals surface area contributed by atoms with Gasteiger partial charge in [0.15, 0.2) is 0 Å². The van der Waals surface area contributed by atoms with Gasteiger partial charge in [0, 0.05) is 42.9 Å². The summed E-state index contributed by atoms with van der Waals surface area (Å²) in [5, 5.41) is 10.0. The average Bonchev–Trinajstić information content (AvgIpc) is 3.42. The number of carbonyl (C=O) groups is 1. The predicted molar refractivity (Wildman–Crippen MR) is 97.5 cm³/mol. The molecule has 4 rings (SSSR count). The lowest BCUT2D eigenvalue weighted by Crippen LogP contribution is -2.47. The minimum absolute atomic E-state index is 0.0132. The zero-order valence-corrected chi connectivity index (χ0v) is 15.3. The molecule has 140 valence electrons. The molecule has 1 N–H and O–H groups in total. The van der Waals surface area contributed by atoms with Gasteiger partial charge in [-0.3, -0.25) is 14.5 Å². The topological polar surface area (TPSA) is 71.8 Å². The number of aromatic nitrogens is 1. The summed E-state index contributed by atoms with van der Waals surface area (Å²) in [5.41, 5.74) is 1.50. The number of allylic oxidation sites excluding steroid dienone is 1. The Hall–Kier alpha value is -1.92. The minimum atomic E-state index is -0.436. The smallest absolute Gasteiger partial charge is 0.311 e. The van der Waals surface area contributed by atoms with Gasteiger partial charge in [0.1, 0.15) is 0 Å². The quantitative estimate of drug-likeness (QED) is 0.806. The number of rotatable bonds is 5. The third kappa shape index (κ3) is 2.63. The zero-order valence-electron chi connectivity index (χ0n) is 15.3. The first-order valence-corrected chi connectivity index (χ1v) is 9.41. The van der Waals surface area contributed by atoms with E-state index in [0.29, 0.717) is 18.0 Å². The Morgan fingerprint density at radius 2 is 2.15 bits per heavy atom. The van der Waals surface area contributed by atoms with Crippen LogP contribution in [0.5, 0.6) is 0 Å². The third-order valence-corrected chi connectivity index (χ3v) is 6.19. The van der Waals surface area contributed by atoms with Crippen molar-refractivity contribution in [3.63, 3.8) is 0 Å². The molecule has 6 heteroatoms. The highest BCUT2D eigenvalue weighted by molar-refractivity contribution is 5.75. The molecule has 1 saturated heterocycles. The van der Waals surface area contributed by atoms with Crippen LogP contribution in [0.4, 0.5) is 0 Å². The van der Waals surface area contributed by atoms with Crippen LogP contribution in [0.1, 0.15) is 37.1 Å². The number of carbonyl (C=O) groups excluding carboxylic acids is 1. The second-order valence-corrected chi connectivity index (χ2v) is 7.68. The minimum Gasteiger partial charge on any atom is -0.469 e. The van der Waals surface area contributed by atoms with Gasteiger partial charge in [-0.15, -0.1) is 0 Å². The summed E-state index contributed by atoms with van der Waals surface area (Å²) in [6.07, 6.45) is 6.11. The number of methoxy groups -OCH3 is 1. The Bertz CT molecular complexity index is 795. The maximum Gasteiger partial charge on any atom is 0.311 e. The van der Waals surface area contributed by atoms with Crippen LogP contribution in [0.25, 0.3) is 6.08 Å². The highest BCUT2D eigenvalue weighted by atomic mass is 16.5. The number of fused-ring (bicyclic) bond motifs is 4. The van der Waals surface area contributed by atoms with Crippen LogP contribution in [-0.2, 0) is 16.1 Å². The highest BCUT2D eigenvalue weighted by Crippen LogP contribution is 2.50. The van der Waals surface area contributed by atoms with E-state index in [9.17, 15) is 14.7 Å². The lowest BCUT2D eigenvalue weighted by atomic mass is 9.87. The molecule has 3 heterocycles. The van der Waals surface area contributed by atoms with E-state index < -0.39 is 5.92 Å². The van der Waals surface area contributed by atoms with E-state index in [1.807, 2.05) is 31.2 Å². The van der Waals surface area contributed by atoms with Crippen LogP contribution in [0.3, 0.4) is 0 Å². The van der Waals surface area contributed by atoms with E-state index in [1.165, 1.54) is 20.0 Å². The number of esters is 1. The van der Waals surface area contributed by atoms with Crippen molar-refractivity contribution in [1.82, 2.24) is 9.47 Å². The van der Waals surface area contributed by atoms with Gasteiger partial charge >= 0.3 is 5.97 Å². The van der Waals surface area contributed by atoms with Gasteiger partial charge < -0.3 is 14.4 Å². The van der Waals surface area contributed by atoms with Crippen LogP contribution in [-0.4, -0.2) is 46.8 Å². The number of nitrogens with zero attached hydrogens (tertiary/aromatic N) is 2. The van der Waals surface area contributed by atoms with Crippen molar-refractivity contribution in [3.8, 4) is 0 Å². The van der Waals surface area contributed by atoms with Crippen LogP contribution >= 0.6 is 0 Å². The summed E-state index contributed by atoms with van der Waals surface area (Å²) in [7, 11) is 1.40. The third-order valence-electron chi connectivity index (χ3n) is 6.19. The van der Waals surface area contributed by atoms with Crippen molar-refractivity contribution in [2.24, 2.45) is 17.8 Å². The Morgan fingerprint density at radius 3 is 2.77 bits per heavy atom. The molecule has 2 aliphatic heterocycles. The number of ether oxygens (including phenoxy) is 1.